The van der Waals surface area contributed by atoms with Crippen molar-refractivity contribution >= 4 is 39.4 Å². The molecule has 1 aromatic rings. The Bertz CT molecular complexity index is 459. The average molecular weight is 363 g/mol. The number of nitrogens with one attached hydrogen (secondary N) is 1. The molecule has 0 heterocycles. The molecule has 0 bridgehead atoms. The molecule has 110 valence electrons. The Morgan fingerprint density at radius 1 is 1.15 bits per heavy atom. The summed E-state index contributed by atoms with van der Waals surface area (Å²) in [4.78, 5) is 22.2. The van der Waals surface area contributed by atoms with E-state index in [0.717, 1.165) is 23.7 Å². The summed E-state index contributed by atoms with van der Waals surface area (Å²) in [6.45, 7) is 0.579. The summed E-state index contributed by atoms with van der Waals surface area (Å²) >= 11 is 9.17. The number of unbranched alkanes of at least 4 members (excludes halogenated alkanes) is 3. The highest BCUT2D eigenvalue weighted by Crippen LogP contribution is 2.19. The Kier molecular flexibility index (Phi) is 7.62. The second-order valence-corrected chi connectivity index (χ2v) is 5.82. The zero-order valence-corrected chi connectivity index (χ0v) is 13.3. The largest absolute Gasteiger partial charge is 0.481 e. The summed E-state index contributed by atoms with van der Waals surface area (Å²) < 4.78 is 0.767. The van der Waals surface area contributed by atoms with E-state index in [1.165, 1.54) is 0 Å². The number of carboxylic acid groups (broad SMARTS) is 1. The van der Waals surface area contributed by atoms with E-state index in [1.807, 2.05) is 0 Å². The molecule has 2 N–H and O–H groups in total. The van der Waals surface area contributed by atoms with E-state index in [0.29, 0.717) is 23.6 Å². The van der Waals surface area contributed by atoms with E-state index in [4.69, 9.17) is 16.7 Å². The van der Waals surface area contributed by atoms with Crippen LogP contribution in [0, 0.1) is 0 Å². The standard InChI is InChI=1S/C14H17BrClNO3/c15-11-7-10(8-12(16)9-11)14(20)17-6-4-2-1-3-5-13(18)19/h7-9H,1-6H2,(H,17,20)(H,18,19). The number of hydrogen-bond acceptors (Lipinski definition) is 2. The lowest BCUT2D eigenvalue weighted by atomic mass is 10.1. The molecule has 4 nitrogen and oxygen atoms in total. The molecule has 0 radical (unpaired) electrons. The van der Waals surface area contributed by atoms with Crippen molar-refractivity contribution in [2.75, 3.05) is 6.54 Å². The van der Waals surface area contributed by atoms with Crippen molar-refractivity contribution in [3.05, 3.63) is 33.3 Å². The molecule has 0 aliphatic carbocycles. The van der Waals surface area contributed by atoms with Crippen molar-refractivity contribution in [1.82, 2.24) is 5.32 Å². The minimum atomic E-state index is -0.759. The van der Waals surface area contributed by atoms with Gasteiger partial charge in [0, 0.05) is 28.0 Å². The fourth-order valence-corrected chi connectivity index (χ4v) is 2.60. The zero-order valence-electron chi connectivity index (χ0n) is 11.0. The molecule has 1 aromatic carbocycles. The van der Waals surface area contributed by atoms with E-state index >= 15 is 0 Å². The van der Waals surface area contributed by atoms with E-state index < -0.39 is 5.97 Å². The van der Waals surface area contributed by atoms with Gasteiger partial charge in [-0.3, -0.25) is 9.59 Å². The van der Waals surface area contributed by atoms with Gasteiger partial charge in [-0.15, -0.1) is 0 Å². The molecular weight excluding hydrogens is 346 g/mol. The van der Waals surface area contributed by atoms with E-state index in [-0.39, 0.29) is 12.3 Å². The topological polar surface area (TPSA) is 66.4 Å². The van der Waals surface area contributed by atoms with E-state index in [9.17, 15) is 9.59 Å². The van der Waals surface area contributed by atoms with Crippen LogP contribution in [0.5, 0.6) is 0 Å². The maximum Gasteiger partial charge on any atom is 0.303 e. The van der Waals surface area contributed by atoms with Crippen molar-refractivity contribution in [2.45, 2.75) is 32.1 Å². The van der Waals surface area contributed by atoms with Crippen molar-refractivity contribution in [1.29, 1.82) is 0 Å². The van der Waals surface area contributed by atoms with Crippen molar-refractivity contribution in [2.24, 2.45) is 0 Å². The second kappa shape index (κ2) is 8.97. The van der Waals surface area contributed by atoms with Gasteiger partial charge in [0.25, 0.3) is 5.91 Å². The minimum Gasteiger partial charge on any atom is -0.481 e. The lowest BCUT2D eigenvalue weighted by Crippen LogP contribution is -2.24. The molecule has 20 heavy (non-hydrogen) atoms. The molecule has 0 atom stereocenters. The maximum absolute atomic E-state index is 11.9. The van der Waals surface area contributed by atoms with Gasteiger partial charge in [-0.25, -0.2) is 0 Å². The first-order valence-electron chi connectivity index (χ1n) is 6.45. The van der Waals surface area contributed by atoms with Crippen LogP contribution in [0.3, 0.4) is 0 Å². The zero-order chi connectivity index (χ0) is 15.0. The number of rotatable bonds is 8. The maximum atomic E-state index is 11.9. The molecule has 6 heteroatoms. The van der Waals surface area contributed by atoms with Gasteiger partial charge in [-0.2, -0.15) is 0 Å². The molecule has 0 aliphatic heterocycles. The van der Waals surface area contributed by atoms with Crippen LogP contribution in [-0.2, 0) is 4.79 Å². The first-order chi connectivity index (χ1) is 9.49. The SMILES string of the molecule is O=C(O)CCCCCCNC(=O)c1cc(Cl)cc(Br)c1. The number of benzene rings is 1. The van der Waals surface area contributed by atoms with Gasteiger partial charge in [0.2, 0.25) is 0 Å². The molecule has 0 spiro atoms. The van der Waals surface area contributed by atoms with Gasteiger partial charge in [-0.1, -0.05) is 40.4 Å². The van der Waals surface area contributed by atoms with Gasteiger partial charge in [-0.05, 0) is 31.0 Å². The van der Waals surface area contributed by atoms with Crippen LogP contribution in [0.4, 0.5) is 0 Å². The third-order valence-corrected chi connectivity index (χ3v) is 3.40. The van der Waals surface area contributed by atoms with Gasteiger partial charge in [0.15, 0.2) is 0 Å². The molecule has 1 rings (SSSR count). The fraction of sp³-hybridized carbons (Fsp3) is 0.429. The van der Waals surface area contributed by atoms with Gasteiger partial charge >= 0.3 is 5.97 Å². The lowest BCUT2D eigenvalue weighted by molar-refractivity contribution is -0.137. The van der Waals surface area contributed by atoms with E-state index in [1.54, 1.807) is 18.2 Å². The molecule has 0 aliphatic rings. The van der Waals surface area contributed by atoms with Gasteiger partial charge in [0.1, 0.15) is 0 Å². The summed E-state index contributed by atoms with van der Waals surface area (Å²) in [6.07, 6.45) is 3.51. The third-order valence-electron chi connectivity index (χ3n) is 2.73. The number of carbonyl (C=O) groups excluding carboxylic acids is 1. The third kappa shape index (κ3) is 6.91. The summed E-state index contributed by atoms with van der Waals surface area (Å²) in [6, 6.07) is 5.06. The number of halogens is 2. The van der Waals surface area contributed by atoms with Gasteiger partial charge < -0.3 is 10.4 Å². The van der Waals surface area contributed by atoms with Crippen molar-refractivity contribution < 1.29 is 14.7 Å². The highest BCUT2D eigenvalue weighted by molar-refractivity contribution is 9.10. The Balaban J connectivity index is 2.21. The Morgan fingerprint density at radius 2 is 1.85 bits per heavy atom. The Morgan fingerprint density at radius 3 is 2.50 bits per heavy atom. The molecular formula is C14H17BrClNO3. The highest BCUT2D eigenvalue weighted by Gasteiger charge is 2.06. The first kappa shape index (κ1) is 17.0. The van der Waals surface area contributed by atoms with Crippen LogP contribution in [0.1, 0.15) is 42.5 Å². The molecule has 0 saturated carbocycles. The molecule has 0 saturated heterocycles. The molecule has 0 fully saturated rings. The molecule has 0 unspecified atom stereocenters. The fourth-order valence-electron chi connectivity index (χ4n) is 1.74. The second-order valence-electron chi connectivity index (χ2n) is 4.47. The number of carbonyl (C=O) groups is 2. The van der Waals surface area contributed by atoms with Crippen LogP contribution >= 0.6 is 27.5 Å². The summed E-state index contributed by atoms with van der Waals surface area (Å²) in [5.41, 5.74) is 0.523. The monoisotopic (exact) mass is 361 g/mol. The quantitative estimate of drug-likeness (QED) is 0.690. The smallest absolute Gasteiger partial charge is 0.303 e. The number of aliphatic carboxylic acids is 1. The van der Waals surface area contributed by atoms with Crippen molar-refractivity contribution in [3.63, 3.8) is 0 Å². The van der Waals surface area contributed by atoms with E-state index in [2.05, 4.69) is 21.2 Å². The van der Waals surface area contributed by atoms with Crippen molar-refractivity contribution in [3.8, 4) is 0 Å². The first-order valence-corrected chi connectivity index (χ1v) is 7.62. The number of amides is 1. The Hall–Kier alpha value is -1.07. The average Bonchev–Trinajstić information content (AvgIpc) is 2.35. The van der Waals surface area contributed by atoms with Crippen LogP contribution in [-0.4, -0.2) is 23.5 Å². The predicted octanol–water partition coefficient (Wildman–Crippen LogP) is 3.87. The number of carboxylic acids is 1. The predicted molar refractivity (Wildman–Crippen MR) is 82.2 cm³/mol. The van der Waals surface area contributed by atoms with Crippen LogP contribution in [0.15, 0.2) is 22.7 Å². The molecule has 1 amide bonds. The minimum absolute atomic E-state index is 0.154. The lowest BCUT2D eigenvalue weighted by Gasteiger charge is -2.06. The highest BCUT2D eigenvalue weighted by atomic mass is 79.9. The summed E-state index contributed by atoms with van der Waals surface area (Å²) in [5, 5.41) is 11.8. The number of hydrogen-bond donors (Lipinski definition) is 2. The van der Waals surface area contributed by atoms with Crippen LogP contribution < -0.4 is 5.32 Å². The van der Waals surface area contributed by atoms with Crippen LogP contribution in [0.2, 0.25) is 5.02 Å². The Labute approximate surface area is 131 Å². The summed E-state index contributed by atoms with van der Waals surface area (Å²) in [7, 11) is 0. The normalized spacial score (nSPS) is 10.3. The van der Waals surface area contributed by atoms with Gasteiger partial charge in [0.05, 0.1) is 0 Å². The molecule has 0 aromatic heterocycles. The van der Waals surface area contributed by atoms with Crippen LogP contribution in [0.25, 0.3) is 0 Å². The summed E-state index contributed by atoms with van der Waals surface area (Å²) in [5.74, 6) is -0.913.